The number of para-hydroxylation sites is 1. The van der Waals surface area contributed by atoms with Gasteiger partial charge in [0.25, 0.3) is 6.33 Å². The first-order valence-electron chi connectivity index (χ1n) is 39.1. The van der Waals surface area contributed by atoms with E-state index in [-0.39, 0.29) is 53.8 Å². The van der Waals surface area contributed by atoms with Crippen LogP contribution in [0.5, 0.6) is 11.5 Å². The number of ether oxygens (including phenoxy) is 1. The molecule has 2 aliphatic rings. The smallest absolute Gasteiger partial charge is 0.268 e. The van der Waals surface area contributed by atoms with Gasteiger partial charge in [-0.3, -0.25) is 4.57 Å². The quantitative estimate of drug-likeness (QED) is 0.0658. The first-order valence-corrected chi connectivity index (χ1v) is 33.6. The van der Waals surface area contributed by atoms with Crippen LogP contribution in [-0.4, -0.2) is 22.2 Å². The third-order valence-electron chi connectivity index (χ3n) is 19.2. The molecule has 0 spiro atoms. The summed E-state index contributed by atoms with van der Waals surface area (Å²) in [5.41, 5.74) is 11.7. The molecule has 0 unspecified atom stereocenters. The van der Waals surface area contributed by atoms with Gasteiger partial charge in [-0.1, -0.05) is 259 Å². The Morgan fingerprint density at radius 3 is 1.68 bits per heavy atom. The number of fused-ring (bicyclic) bond motifs is 11. The molecule has 1 aliphatic heterocycles. The van der Waals surface area contributed by atoms with Crippen molar-refractivity contribution in [3.8, 4) is 62.1 Å². The molecule has 0 saturated carbocycles. The Morgan fingerprint density at radius 1 is 0.505 bits per heavy atom. The van der Waals surface area contributed by atoms with E-state index in [1.165, 1.54) is 11.1 Å². The summed E-state index contributed by atoms with van der Waals surface area (Å²) in [5, 5.41) is 0.0183. The Bertz CT molecular complexity index is 5780. The van der Waals surface area contributed by atoms with Gasteiger partial charge in [-0.2, -0.15) is 18.2 Å². The second-order valence-corrected chi connectivity index (χ2v) is 32.8. The standard InChI is InChI=1S/C86H80N4OSi.Pt/c1-82(2,3)56-42-45-87-79(48-56)90-76-39-26-25-38-67(76)68-41-40-60(50-77(68)90)91-59-29-27-28-58(49-59)88-55-89-80-71(46-57(83(4,5)6)47-75(80)84(7,8)9)70-54-74-73(85(10,11)43-44-86(74,12)13)53-69(70)65-36-23-24-37-66(65)72-51-64(52-78(88)81(72)89)92(61-30-17-14-18-31-61,62-32-19-15-20-33-62)63-34-21-16-22-35-63;/h14-42,45-48,51-54H,43-44H2,1-13H3;/q-2;/i14D,15D,16D,17D,18D,19D,20D,21D,22D,30D,31D,32D,33D,34D,35D;. The van der Waals surface area contributed by atoms with Gasteiger partial charge < -0.3 is 13.9 Å². The summed E-state index contributed by atoms with van der Waals surface area (Å²) in [4.78, 5) is 4.91. The normalized spacial score (nSPS) is 16.5. The monoisotopic (exact) mass is 1420 g/mol. The van der Waals surface area contributed by atoms with Crippen molar-refractivity contribution >= 4 is 61.7 Å². The van der Waals surface area contributed by atoms with Gasteiger partial charge in [-0.05, 0) is 157 Å². The van der Waals surface area contributed by atoms with Gasteiger partial charge in [-0.25, -0.2) is 4.98 Å². The largest absolute Gasteiger partial charge is 0.510 e. The minimum Gasteiger partial charge on any atom is -0.510 e. The summed E-state index contributed by atoms with van der Waals surface area (Å²) in [6, 6.07) is 36.4. The molecule has 0 radical (unpaired) electrons. The average Bonchev–Trinajstić information content (AvgIpc) is 0.700. The average molecular weight is 1420 g/mol. The zero-order chi connectivity index (χ0) is 76.9. The second-order valence-electron chi connectivity index (χ2n) is 29.2. The summed E-state index contributed by atoms with van der Waals surface area (Å²) in [6.07, 6.45) is 7.55. The predicted octanol–water partition coefficient (Wildman–Crippen LogP) is 18.5. The molecule has 7 heteroatoms. The summed E-state index contributed by atoms with van der Waals surface area (Å²) >= 11 is 0. The number of rotatable bonds is 8. The third kappa shape index (κ3) is 10.3. The van der Waals surface area contributed by atoms with Crippen molar-refractivity contribution in [2.75, 3.05) is 0 Å². The van der Waals surface area contributed by atoms with Gasteiger partial charge in [0.1, 0.15) is 5.82 Å². The Hall–Kier alpha value is -8.67. The Labute approximate surface area is 586 Å². The molecule has 0 amide bonds. The van der Waals surface area contributed by atoms with Gasteiger partial charge in [-0.15, -0.1) is 29.7 Å². The van der Waals surface area contributed by atoms with Crippen LogP contribution in [-0.2, 0) is 48.1 Å². The van der Waals surface area contributed by atoms with E-state index < -0.39 is 125 Å². The van der Waals surface area contributed by atoms with Gasteiger partial charge in [0, 0.05) is 44.3 Å². The van der Waals surface area contributed by atoms with Crippen LogP contribution >= 0.6 is 0 Å². The predicted molar refractivity (Wildman–Crippen MR) is 385 cm³/mol. The molecule has 5 nitrogen and oxygen atoms in total. The molecule has 4 heterocycles. The van der Waals surface area contributed by atoms with Gasteiger partial charge in [0.05, 0.1) is 37.3 Å². The molecular formula is C86H80N4OPtSi-2. The summed E-state index contributed by atoms with van der Waals surface area (Å²) in [7, 11) is -5.83. The maximum atomic E-state index is 10.2. The first kappa shape index (κ1) is 46.4. The summed E-state index contributed by atoms with van der Waals surface area (Å²) in [5.74, 6) is 1.29. The SMILES string of the molecule is [2H]c1c([2H])c([2H])c([Si](c2cc3c4c(c2)n(-c2[c-]c(Oc5[c-]c6c(cc5)c5ccccc5n6-c5cc(C(C)(C)C)ccn5)ccc2)[c-][n+]4-c2c(cc(C(C)(C)C)cc2C(C)(C)C)-c2cc4c(cc2-c2ccccc2-3)C(C)(C)CCC4(C)C)(c2c([2H])c([2H])c([2H])c([2H])c2[2H])c2c([2H])c([2H])c([2H])c([2H])c2[2H])c([2H])c1[2H].[Pt]. The molecule has 0 atom stereocenters. The zero-order valence-electron chi connectivity index (χ0n) is 69.6. The van der Waals surface area contributed by atoms with Crippen molar-refractivity contribution < 1.29 is 50.9 Å². The van der Waals surface area contributed by atoms with E-state index in [4.69, 9.17) is 13.8 Å². The van der Waals surface area contributed by atoms with Gasteiger partial charge in [0.2, 0.25) is 0 Å². The van der Waals surface area contributed by atoms with E-state index in [9.17, 15) is 16.4 Å². The number of nitrogens with zero attached hydrogens (tertiary/aromatic N) is 4. The van der Waals surface area contributed by atoms with E-state index in [1.54, 1.807) is 22.8 Å². The minimum absolute atomic E-state index is 0. The van der Waals surface area contributed by atoms with Crippen molar-refractivity contribution in [1.29, 1.82) is 0 Å². The van der Waals surface area contributed by atoms with Crippen molar-refractivity contribution in [2.24, 2.45) is 0 Å². The van der Waals surface area contributed by atoms with Crippen molar-refractivity contribution in [3.05, 3.63) is 271 Å². The molecule has 0 N–H and O–H groups in total. The van der Waals surface area contributed by atoms with Crippen LogP contribution in [0.1, 0.15) is 151 Å². The number of benzene rings is 10. The zero-order valence-corrected chi connectivity index (χ0v) is 57.9. The van der Waals surface area contributed by atoms with Crippen LogP contribution < -0.4 is 30.1 Å². The topological polar surface area (TPSA) is 35.9 Å². The number of pyridine rings is 1. The van der Waals surface area contributed by atoms with E-state index >= 15 is 0 Å². The van der Waals surface area contributed by atoms with Crippen molar-refractivity contribution in [1.82, 2.24) is 14.1 Å². The van der Waals surface area contributed by atoms with Crippen LogP contribution in [0, 0.1) is 18.5 Å². The van der Waals surface area contributed by atoms with Crippen LogP contribution in [0.2, 0.25) is 0 Å². The molecule has 466 valence electrons. The molecule has 0 bridgehead atoms. The van der Waals surface area contributed by atoms with Crippen LogP contribution in [0.4, 0.5) is 0 Å². The number of aromatic nitrogens is 4. The second kappa shape index (κ2) is 22.5. The fourth-order valence-electron chi connectivity index (χ4n) is 14.1. The fourth-order valence-corrected chi connectivity index (χ4v) is 18.0. The summed E-state index contributed by atoms with van der Waals surface area (Å²) in [6.45, 7) is 28.8. The maximum Gasteiger partial charge on any atom is 0.268 e. The molecule has 1 aliphatic carbocycles. The molecule has 0 fully saturated rings. The molecule has 3 aromatic heterocycles. The molecule has 10 aromatic carbocycles. The maximum absolute atomic E-state index is 10.2. The molecule has 13 aromatic rings. The van der Waals surface area contributed by atoms with Crippen molar-refractivity contribution in [3.63, 3.8) is 0 Å². The molecular weight excluding hydrogens is 1330 g/mol. The molecule has 0 saturated heterocycles. The van der Waals surface area contributed by atoms with Crippen LogP contribution in [0.3, 0.4) is 0 Å². The number of hydrogen-bond donors (Lipinski definition) is 0. The van der Waals surface area contributed by atoms with Crippen LogP contribution in [0.25, 0.3) is 83.4 Å². The van der Waals surface area contributed by atoms with Crippen molar-refractivity contribution in [2.45, 2.75) is 130 Å². The Kier molecular flexibility index (Phi) is 11.2. The number of imidazole rings is 1. The van der Waals surface area contributed by atoms with E-state index in [0.29, 0.717) is 39.4 Å². The molecule has 15 rings (SSSR count). The van der Waals surface area contributed by atoms with E-state index in [2.05, 4.69) is 162 Å². The first-order chi connectivity index (χ1) is 50.2. The van der Waals surface area contributed by atoms with E-state index in [1.807, 2.05) is 71.4 Å². The van der Waals surface area contributed by atoms with Gasteiger partial charge in [0.15, 0.2) is 8.07 Å². The molecule has 93 heavy (non-hydrogen) atoms. The Morgan fingerprint density at radius 2 is 1.08 bits per heavy atom. The Balaban J connectivity index is 0.00000976. The van der Waals surface area contributed by atoms with E-state index in [0.717, 1.165) is 73.8 Å². The summed E-state index contributed by atoms with van der Waals surface area (Å²) < 4.78 is 158. The third-order valence-corrected chi connectivity index (χ3v) is 23.4. The van der Waals surface area contributed by atoms with Crippen LogP contribution in [0.15, 0.2) is 224 Å². The van der Waals surface area contributed by atoms with Gasteiger partial charge >= 0.3 is 0 Å². The minimum atomic E-state index is -5.83. The fraction of sp³-hybridized carbons (Fsp3) is 0.233. The number of hydrogen-bond acceptors (Lipinski definition) is 2.